The van der Waals surface area contributed by atoms with Crippen molar-refractivity contribution in [1.82, 2.24) is 14.8 Å². The third kappa shape index (κ3) is 2.16. The first-order chi connectivity index (χ1) is 8.52. The van der Waals surface area contributed by atoms with E-state index >= 15 is 0 Å². The molecule has 0 unspecified atom stereocenters. The molecule has 0 saturated carbocycles. The van der Waals surface area contributed by atoms with Gasteiger partial charge in [-0.15, -0.1) is 0 Å². The van der Waals surface area contributed by atoms with Gasteiger partial charge in [0, 0.05) is 23.5 Å². The highest BCUT2D eigenvalue weighted by molar-refractivity contribution is 6.34. The maximum atomic E-state index is 12.5. The lowest BCUT2D eigenvalue weighted by Gasteiger charge is -2.11. The van der Waals surface area contributed by atoms with E-state index in [0.717, 1.165) is 0 Å². The molecule has 0 aromatic carbocycles. The molecular weight excluding hydrogens is 250 g/mol. The summed E-state index contributed by atoms with van der Waals surface area (Å²) in [4.78, 5) is 16.6. The molecule has 18 heavy (non-hydrogen) atoms. The van der Waals surface area contributed by atoms with Gasteiger partial charge < -0.3 is 0 Å². The maximum Gasteiger partial charge on any atom is 0.214 e. The van der Waals surface area contributed by atoms with Crippen LogP contribution in [0.15, 0.2) is 24.5 Å². The normalized spacial score (nSPS) is 10.9. The van der Waals surface area contributed by atoms with Gasteiger partial charge in [0.25, 0.3) is 0 Å². The van der Waals surface area contributed by atoms with Crippen molar-refractivity contribution < 1.29 is 4.79 Å². The zero-order valence-electron chi connectivity index (χ0n) is 10.5. The predicted molar refractivity (Wildman–Crippen MR) is 70.0 cm³/mol. The molecule has 0 saturated heterocycles. The van der Waals surface area contributed by atoms with Crippen LogP contribution in [0.5, 0.6) is 0 Å². The number of nitrogens with zero attached hydrogens (tertiary/aromatic N) is 3. The summed E-state index contributed by atoms with van der Waals surface area (Å²) in [6.45, 7) is 5.71. The molecule has 2 heterocycles. The number of halogens is 1. The fraction of sp³-hybridized carbons (Fsp3) is 0.308. The minimum Gasteiger partial charge on any atom is -0.287 e. The monoisotopic (exact) mass is 263 g/mol. The van der Waals surface area contributed by atoms with Crippen LogP contribution in [0, 0.1) is 6.92 Å². The van der Waals surface area contributed by atoms with Gasteiger partial charge in [-0.05, 0) is 32.9 Å². The highest BCUT2D eigenvalue weighted by Crippen LogP contribution is 2.22. The van der Waals surface area contributed by atoms with E-state index in [9.17, 15) is 4.79 Å². The van der Waals surface area contributed by atoms with Crippen molar-refractivity contribution in [1.29, 1.82) is 0 Å². The number of carbonyl (C=O) groups is 1. The molecule has 0 bridgehead atoms. The third-order valence-electron chi connectivity index (χ3n) is 2.71. The number of pyridine rings is 1. The van der Waals surface area contributed by atoms with Crippen LogP contribution in [0.25, 0.3) is 0 Å². The molecule has 0 N–H and O–H groups in total. The lowest BCUT2D eigenvalue weighted by atomic mass is 10.1. The number of ketones is 1. The number of hydrogen-bond acceptors (Lipinski definition) is 3. The Bertz CT molecular complexity index is 590. The Morgan fingerprint density at radius 3 is 2.78 bits per heavy atom. The van der Waals surface area contributed by atoms with Crippen molar-refractivity contribution in [2.24, 2.45) is 0 Å². The number of rotatable bonds is 3. The van der Waals surface area contributed by atoms with Crippen LogP contribution in [0.4, 0.5) is 0 Å². The summed E-state index contributed by atoms with van der Waals surface area (Å²) in [5.74, 6) is -0.142. The van der Waals surface area contributed by atoms with Gasteiger partial charge in [0.2, 0.25) is 5.78 Å². The van der Waals surface area contributed by atoms with Crippen molar-refractivity contribution in [3.8, 4) is 0 Å². The van der Waals surface area contributed by atoms with Crippen LogP contribution in [0.2, 0.25) is 5.02 Å². The fourth-order valence-electron chi connectivity index (χ4n) is 1.80. The van der Waals surface area contributed by atoms with Gasteiger partial charge in [0.15, 0.2) is 0 Å². The largest absolute Gasteiger partial charge is 0.287 e. The highest BCUT2D eigenvalue weighted by atomic mass is 35.5. The summed E-state index contributed by atoms with van der Waals surface area (Å²) < 4.78 is 1.64. The first-order valence-corrected chi connectivity index (χ1v) is 6.09. The van der Waals surface area contributed by atoms with E-state index in [4.69, 9.17) is 11.6 Å². The van der Waals surface area contributed by atoms with Crippen LogP contribution in [0.1, 0.15) is 41.6 Å². The van der Waals surface area contributed by atoms with E-state index in [-0.39, 0.29) is 11.8 Å². The van der Waals surface area contributed by atoms with E-state index < -0.39 is 0 Å². The topological polar surface area (TPSA) is 47.8 Å². The second kappa shape index (κ2) is 4.90. The Morgan fingerprint density at radius 2 is 2.17 bits per heavy atom. The zero-order valence-corrected chi connectivity index (χ0v) is 11.3. The van der Waals surface area contributed by atoms with Crippen LogP contribution in [0.3, 0.4) is 0 Å². The summed E-state index contributed by atoms with van der Waals surface area (Å²) in [5.41, 5.74) is 1.67. The third-order valence-corrected chi connectivity index (χ3v) is 2.98. The molecule has 0 aliphatic carbocycles. The molecule has 2 aromatic heterocycles. The van der Waals surface area contributed by atoms with Gasteiger partial charge in [-0.3, -0.25) is 14.5 Å². The summed E-state index contributed by atoms with van der Waals surface area (Å²) in [6.07, 6.45) is 3.16. The summed E-state index contributed by atoms with van der Waals surface area (Å²) in [5, 5.41) is 4.51. The molecule has 0 amide bonds. The average Bonchev–Trinajstić information content (AvgIpc) is 2.71. The molecule has 0 aliphatic heterocycles. The van der Waals surface area contributed by atoms with Gasteiger partial charge in [-0.1, -0.05) is 11.6 Å². The summed E-state index contributed by atoms with van der Waals surface area (Å²) in [6, 6.07) is 3.57. The molecule has 2 rings (SSSR count). The molecule has 94 valence electrons. The SMILES string of the molecule is Cc1ncccc1C(=O)c1c(Cl)cnn1C(C)C. The Hall–Kier alpha value is -1.68. The standard InChI is InChI=1S/C13H14ClN3O/c1-8(2)17-12(11(14)7-16-17)13(18)10-5-4-6-15-9(10)3/h4-8H,1-3H3. The molecule has 0 spiro atoms. The van der Waals surface area contributed by atoms with Crippen LogP contribution >= 0.6 is 11.6 Å². The van der Waals surface area contributed by atoms with Crippen molar-refractivity contribution in [2.75, 3.05) is 0 Å². The lowest BCUT2D eigenvalue weighted by molar-refractivity contribution is 0.102. The van der Waals surface area contributed by atoms with Gasteiger partial charge in [0.1, 0.15) is 5.69 Å². The Morgan fingerprint density at radius 1 is 1.44 bits per heavy atom. The van der Waals surface area contributed by atoms with Crippen LogP contribution in [-0.2, 0) is 0 Å². The number of carbonyl (C=O) groups excluding carboxylic acids is 1. The van der Waals surface area contributed by atoms with Gasteiger partial charge in [0.05, 0.1) is 11.2 Å². The van der Waals surface area contributed by atoms with Gasteiger partial charge in [-0.2, -0.15) is 5.10 Å². The summed E-state index contributed by atoms with van der Waals surface area (Å²) in [7, 11) is 0. The molecule has 5 heteroatoms. The Labute approximate surface area is 111 Å². The molecule has 2 aromatic rings. The summed E-state index contributed by atoms with van der Waals surface area (Å²) >= 11 is 6.06. The van der Waals surface area contributed by atoms with E-state index in [1.807, 2.05) is 13.8 Å². The highest BCUT2D eigenvalue weighted by Gasteiger charge is 2.21. The first-order valence-electron chi connectivity index (χ1n) is 5.71. The van der Waals surface area contributed by atoms with Crippen LogP contribution < -0.4 is 0 Å². The second-order valence-corrected chi connectivity index (χ2v) is 4.75. The number of hydrogen-bond donors (Lipinski definition) is 0. The smallest absolute Gasteiger partial charge is 0.214 e. The van der Waals surface area contributed by atoms with E-state index in [1.54, 1.807) is 29.9 Å². The minimum atomic E-state index is -0.142. The Balaban J connectivity index is 2.53. The Kier molecular flexibility index (Phi) is 3.48. The molecular formula is C13H14ClN3O. The van der Waals surface area contributed by atoms with Crippen molar-refractivity contribution >= 4 is 17.4 Å². The molecule has 0 atom stereocenters. The minimum absolute atomic E-state index is 0.0772. The van der Waals surface area contributed by atoms with Gasteiger partial charge >= 0.3 is 0 Å². The predicted octanol–water partition coefficient (Wildman–Crippen LogP) is 3.05. The van der Waals surface area contributed by atoms with E-state index in [2.05, 4.69) is 10.1 Å². The molecule has 0 radical (unpaired) electrons. The number of aryl methyl sites for hydroxylation is 1. The van der Waals surface area contributed by atoms with Crippen LogP contribution in [-0.4, -0.2) is 20.5 Å². The lowest BCUT2D eigenvalue weighted by Crippen LogP contribution is -2.15. The fourth-order valence-corrected chi connectivity index (χ4v) is 2.01. The molecule has 0 fully saturated rings. The average molecular weight is 264 g/mol. The van der Waals surface area contributed by atoms with Crippen molar-refractivity contribution in [3.63, 3.8) is 0 Å². The van der Waals surface area contributed by atoms with E-state index in [0.29, 0.717) is 22.0 Å². The maximum absolute atomic E-state index is 12.5. The quantitative estimate of drug-likeness (QED) is 0.800. The number of aromatic nitrogens is 3. The van der Waals surface area contributed by atoms with Crippen molar-refractivity contribution in [2.45, 2.75) is 26.8 Å². The molecule has 4 nitrogen and oxygen atoms in total. The van der Waals surface area contributed by atoms with Gasteiger partial charge in [-0.25, -0.2) is 0 Å². The molecule has 0 aliphatic rings. The zero-order chi connectivity index (χ0) is 13.3. The van der Waals surface area contributed by atoms with E-state index in [1.165, 1.54) is 6.20 Å². The van der Waals surface area contributed by atoms with Crippen molar-refractivity contribution in [3.05, 3.63) is 46.5 Å². The second-order valence-electron chi connectivity index (χ2n) is 4.34. The first kappa shape index (κ1) is 12.8.